The number of fused-ring (bicyclic) bond motifs is 1. The molecule has 4 aromatic rings. The third kappa shape index (κ3) is 5.53. The molecule has 33 heavy (non-hydrogen) atoms. The van der Waals surface area contributed by atoms with Crippen molar-refractivity contribution in [1.29, 1.82) is 0 Å². The maximum absolute atomic E-state index is 12.7. The molecule has 170 valence electrons. The quantitative estimate of drug-likeness (QED) is 0.341. The first-order valence-corrected chi connectivity index (χ1v) is 10.6. The molecule has 0 radical (unpaired) electrons. The lowest BCUT2D eigenvalue weighted by Crippen LogP contribution is -2.17. The normalized spacial score (nSPS) is 11.3. The number of amides is 1. The number of nitrogens with one attached hydrogen (secondary N) is 2. The summed E-state index contributed by atoms with van der Waals surface area (Å²) in [5, 5.41) is 8.68. The number of anilines is 2. The van der Waals surface area contributed by atoms with E-state index < -0.39 is 6.36 Å². The highest BCUT2D eigenvalue weighted by atomic mass is 32.1. The van der Waals surface area contributed by atoms with Crippen LogP contribution in [0.4, 0.5) is 24.5 Å². The summed E-state index contributed by atoms with van der Waals surface area (Å²) in [5.41, 5.74) is 2.80. The zero-order chi connectivity index (χ0) is 23.4. The van der Waals surface area contributed by atoms with E-state index in [1.165, 1.54) is 23.5 Å². The number of carbonyl (C=O) groups excluding carboxylic acids is 1. The van der Waals surface area contributed by atoms with Crippen LogP contribution in [-0.2, 0) is 6.54 Å². The Labute approximate surface area is 191 Å². The van der Waals surface area contributed by atoms with Crippen LogP contribution in [0.1, 0.15) is 15.2 Å². The molecule has 0 fully saturated rings. The summed E-state index contributed by atoms with van der Waals surface area (Å²) in [7, 11) is 1.60. The summed E-state index contributed by atoms with van der Waals surface area (Å²) < 4.78 is 46.0. The molecular formula is C23H18F3N3O3S. The smallest absolute Gasteiger partial charge is 0.497 e. The summed E-state index contributed by atoms with van der Waals surface area (Å²) in [6, 6.07) is 14.3. The molecule has 0 bridgehead atoms. The lowest BCUT2D eigenvalue weighted by Gasteiger charge is -2.12. The number of methoxy groups -OCH3 is 1. The fourth-order valence-corrected chi connectivity index (χ4v) is 3.97. The first kappa shape index (κ1) is 22.4. The van der Waals surface area contributed by atoms with Crippen molar-refractivity contribution < 1.29 is 27.4 Å². The zero-order valence-electron chi connectivity index (χ0n) is 17.3. The second-order valence-electron chi connectivity index (χ2n) is 6.90. The summed E-state index contributed by atoms with van der Waals surface area (Å²) in [5.74, 6) is -0.0163. The number of halogens is 3. The predicted molar refractivity (Wildman–Crippen MR) is 121 cm³/mol. The largest absolute Gasteiger partial charge is 0.573 e. The van der Waals surface area contributed by atoms with Crippen molar-refractivity contribution in [2.24, 2.45) is 0 Å². The number of rotatable bonds is 7. The first-order chi connectivity index (χ1) is 15.8. The van der Waals surface area contributed by atoms with E-state index in [1.807, 2.05) is 24.3 Å². The standard InChI is InChI=1S/C23H18F3N3O3S/c1-31-17-6-7-19-18(12-17)14(8-10-27-19)13-28-20-9-11-33-21(20)22(30)29-15-2-4-16(5-3-15)32-23(24,25)26/h2-12,28H,13H2,1H3,(H,29,30). The van der Waals surface area contributed by atoms with E-state index in [2.05, 4.69) is 20.4 Å². The molecule has 1 amide bonds. The molecule has 2 heterocycles. The van der Waals surface area contributed by atoms with E-state index in [0.717, 1.165) is 34.3 Å². The van der Waals surface area contributed by atoms with Gasteiger partial charge in [0.2, 0.25) is 0 Å². The molecule has 0 aliphatic heterocycles. The Kier molecular flexibility index (Phi) is 6.36. The highest BCUT2D eigenvalue weighted by molar-refractivity contribution is 7.12. The van der Waals surface area contributed by atoms with Crippen LogP contribution in [0.25, 0.3) is 10.9 Å². The Bertz CT molecular complexity index is 1270. The van der Waals surface area contributed by atoms with Gasteiger partial charge in [-0.2, -0.15) is 0 Å². The maximum Gasteiger partial charge on any atom is 0.573 e. The van der Waals surface area contributed by atoms with E-state index in [1.54, 1.807) is 24.8 Å². The fraction of sp³-hybridized carbons (Fsp3) is 0.130. The molecule has 2 aromatic heterocycles. The molecule has 6 nitrogen and oxygen atoms in total. The van der Waals surface area contributed by atoms with E-state index >= 15 is 0 Å². The van der Waals surface area contributed by atoms with Crippen molar-refractivity contribution in [2.45, 2.75) is 12.9 Å². The van der Waals surface area contributed by atoms with E-state index in [-0.39, 0.29) is 11.7 Å². The molecule has 0 aliphatic rings. The lowest BCUT2D eigenvalue weighted by molar-refractivity contribution is -0.274. The van der Waals surface area contributed by atoms with Gasteiger partial charge < -0.3 is 20.1 Å². The molecule has 0 atom stereocenters. The number of pyridine rings is 1. The van der Waals surface area contributed by atoms with Gasteiger partial charge in [0.15, 0.2) is 0 Å². The zero-order valence-corrected chi connectivity index (χ0v) is 18.1. The third-order valence-electron chi connectivity index (χ3n) is 4.73. The SMILES string of the molecule is COc1ccc2nccc(CNc3ccsc3C(=O)Nc3ccc(OC(F)(F)F)cc3)c2c1. The minimum atomic E-state index is -4.77. The molecule has 0 saturated carbocycles. The summed E-state index contributed by atoms with van der Waals surface area (Å²) in [6.07, 6.45) is -3.05. The number of aromatic nitrogens is 1. The molecule has 4 rings (SSSR count). The van der Waals surface area contributed by atoms with Gasteiger partial charge in [-0.25, -0.2) is 0 Å². The lowest BCUT2D eigenvalue weighted by atomic mass is 10.1. The minimum Gasteiger partial charge on any atom is -0.497 e. The van der Waals surface area contributed by atoms with Gasteiger partial charge in [-0.1, -0.05) is 0 Å². The van der Waals surface area contributed by atoms with Gasteiger partial charge in [0, 0.05) is 23.8 Å². The topological polar surface area (TPSA) is 72.5 Å². The highest BCUT2D eigenvalue weighted by Gasteiger charge is 2.31. The van der Waals surface area contributed by atoms with Crippen LogP contribution in [0.2, 0.25) is 0 Å². The Hall–Kier alpha value is -3.79. The van der Waals surface area contributed by atoms with Crippen LogP contribution in [0.5, 0.6) is 11.5 Å². The van der Waals surface area contributed by atoms with Gasteiger partial charge in [-0.15, -0.1) is 24.5 Å². The van der Waals surface area contributed by atoms with Crippen LogP contribution in [0, 0.1) is 0 Å². The molecular weight excluding hydrogens is 455 g/mol. The highest BCUT2D eigenvalue weighted by Crippen LogP contribution is 2.28. The van der Waals surface area contributed by atoms with Crippen LogP contribution >= 0.6 is 11.3 Å². The Balaban J connectivity index is 1.45. The van der Waals surface area contributed by atoms with E-state index in [0.29, 0.717) is 22.8 Å². The van der Waals surface area contributed by atoms with Crippen molar-refractivity contribution in [3.05, 3.63) is 76.6 Å². The maximum atomic E-state index is 12.7. The molecule has 0 saturated heterocycles. The summed E-state index contributed by atoms with van der Waals surface area (Å²) in [6.45, 7) is 0.451. The second kappa shape index (κ2) is 9.37. The van der Waals surface area contributed by atoms with Gasteiger partial charge in [0.05, 0.1) is 18.3 Å². The van der Waals surface area contributed by atoms with Crippen molar-refractivity contribution in [3.8, 4) is 11.5 Å². The molecule has 10 heteroatoms. The van der Waals surface area contributed by atoms with Gasteiger partial charge in [-0.05, 0) is 65.5 Å². The van der Waals surface area contributed by atoms with Crippen LogP contribution < -0.4 is 20.1 Å². The average Bonchev–Trinajstić information content (AvgIpc) is 3.26. The van der Waals surface area contributed by atoms with Crippen LogP contribution in [0.3, 0.4) is 0 Å². The number of ether oxygens (including phenoxy) is 2. The Morgan fingerprint density at radius 2 is 1.82 bits per heavy atom. The number of benzene rings is 2. The predicted octanol–water partition coefficient (Wildman–Crippen LogP) is 6.07. The van der Waals surface area contributed by atoms with Gasteiger partial charge in [-0.3, -0.25) is 9.78 Å². The van der Waals surface area contributed by atoms with E-state index in [9.17, 15) is 18.0 Å². The number of nitrogens with zero attached hydrogens (tertiary/aromatic N) is 1. The number of hydrogen-bond acceptors (Lipinski definition) is 6. The fourth-order valence-electron chi connectivity index (χ4n) is 3.21. The van der Waals surface area contributed by atoms with Crippen LogP contribution in [0.15, 0.2) is 66.2 Å². The molecule has 0 spiro atoms. The Morgan fingerprint density at radius 3 is 2.55 bits per heavy atom. The molecule has 2 N–H and O–H groups in total. The first-order valence-electron chi connectivity index (χ1n) is 9.72. The van der Waals surface area contributed by atoms with Crippen molar-refractivity contribution >= 4 is 39.5 Å². The third-order valence-corrected chi connectivity index (χ3v) is 5.64. The summed E-state index contributed by atoms with van der Waals surface area (Å²) in [4.78, 5) is 17.5. The van der Waals surface area contributed by atoms with Crippen molar-refractivity contribution in [3.63, 3.8) is 0 Å². The average molecular weight is 473 g/mol. The monoisotopic (exact) mass is 473 g/mol. The second-order valence-corrected chi connectivity index (χ2v) is 7.81. The van der Waals surface area contributed by atoms with Gasteiger partial charge >= 0.3 is 6.36 Å². The van der Waals surface area contributed by atoms with Crippen molar-refractivity contribution in [2.75, 3.05) is 17.7 Å². The number of hydrogen-bond donors (Lipinski definition) is 2. The van der Waals surface area contributed by atoms with E-state index in [4.69, 9.17) is 4.74 Å². The van der Waals surface area contributed by atoms with Gasteiger partial charge in [0.25, 0.3) is 5.91 Å². The molecule has 2 aromatic carbocycles. The summed E-state index contributed by atoms with van der Waals surface area (Å²) >= 11 is 1.25. The number of alkyl halides is 3. The molecule has 0 aliphatic carbocycles. The molecule has 0 unspecified atom stereocenters. The Morgan fingerprint density at radius 1 is 1.06 bits per heavy atom. The number of carbonyl (C=O) groups is 1. The minimum absolute atomic E-state index is 0.348. The van der Waals surface area contributed by atoms with Crippen molar-refractivity contribution in [1.82, 2.24) is 4.98 Å². The van der Waals surface area contributed by atoms with Gasteiger partial charge in [0.1, 0.15) is 16.4 Å². The van der Waals surface area contributed by atoms with Crippen LogP contribution in [-0.4, -0.2) is 24.4 Å². The number of thiophene rings is 1.